The minimum Gasteiger partial charge on any atom is -0.496 e. The van der Waals surface area contributed by atoms with Gasteiger partial charge in [0.15, 0.2) is 0 Å². The van der Waals surface area contributed by atoms with Gasteiger partial charge in [-0.2, -0.15) is 0 Å². The van der Waals surface area contributed by atoms with Crippen LogP contribution in [0.2, 0.25) is 0 Å². The molecular weight excluding hydrogens is 176 g/mol. The average molecular weight is 192 g/mol. The van der Waals surface area contributed by atoms with E-state index in [-0.39, 0.29) is 6.04 Å². The van der Waals surface area contributed by atoms with Crippen LogP contribution in [0.1, 0.15) is 30.0 Å². The first-order valence-corrected chi connectivity index (χ1v) is 4.98. The molecule has 3 heteroatoms. The Bertz CT molecular complexity index is 325. The SMILES string of the molecule is COc1cccc2c1CCC[C@@H]2NN. The van der Waals surface area contributed by atoms with Crippen molar-refractivity contribution in [2.75, 3.05) is 7.11 Å². The number of methoxy groups -OCH3 is 1. The van der Waals surface area contributed by atoms with Crippen molar-refractivity contribution in [1.82, 2.24) is 5.43 Å². The molecule has 0 saturated heterocycles. The zero-order valence-corrected chi connectivity index (χ0v) is 8.42. The molecule has 3 N–H and O–H groups in total. The molecule has 0 aromatic heterocycles. The lowest BCUT2D eigenvalue weighted by molar-refractivity contribution is 0.397. The molecule has 0 heterocycles. The van der Waals surface area contributed by atoms with Crippen molar-refractivity contribution in [2.45, 2.75) is 25.3 Å². The highest BCUT2D eigenvalue weighted by Crippen LogP contribution is 2.34. The Balaban J connectivity index is 2.43. The molecule has 0 spiro atoms. The highest BCUT2D eigenvalue weighted by molar-refractivity contribution is 5.43. The van der Waals surface area contributed by atoms with Gasteiger partial charge in [0.1, 0.15) is 5.75 Å². The lowest BCUT2D eigenvalue weighted by Gasteiger charge is -2.26. The fourth-order valence-electron chi connectivity index (χ4n) is 2.18. The van der Waals surface area contributed by atoms with Crippen LogP contribution in [-0.2, 0) is 6.42 Å². The van der Waals surface area contributed by atoms with Crippen molar-refractivity contribution in [3.8, 4) is 5.75 Å². The molecule has 0 aliphatic heterocycles. The maximum absolute atomic E-state index is 5.52. The Morgan fingerprint density at radius 3 is 3.07 bits per heavy atom. The Labute approximate surface area is 84.2 Å². The zero-order chi connectivity index (χ0) is 9.97. The van der Waals surface area contributed by atoms with Gasteiger partial charge in [0.25, 0.3) is 0 Å². The summed E-state index contributed by atoms with van der Waals surface area (Å²) in [6, 6.07) is 6.45. The smallest absolute Gasteiger partial charge is 0.122 e. The van der Waals surface area contributed by atoms with E-state index in [0.717, 1.165) is 18.6 Å². The summed E-state index contributed by atoms with van der Waals surface area (Å²) in [4.78, 5) is 0. The Morgan fingerprint density at radius 2 is 2.36 bits per heavy atom. The van der Waals surface area contributed by atoms with E-state index < -0.39 is 0 Å². The standard InChI is InChI=1S/C11H16N2O/c1-14-11-7-3-4-8-9(11)5-2-6-10(8)13-12/h3-4,7,10,13H,2,5-6,12H2,1H3/t10-/m0/s1. The van der Waals surface area contributed by atoms with E-state index in [4.69, 9.17) is 10.6 Å². The minimum absolute atomic E-state index is 0.286. The van der Waals surface area contributed by atoms with Crippen LogP contribution in [0.3, 0.4) is 0 Å². The lowest BCUT2D eigenvalue weighted by atomic mass is 9.87. The fourth-order valence-corrected chi connectivity index (χ4v) is 2.18. The van der Waals surface area contributed by atoms with Gasteiger partial charge >= 0.3 is 0 Å². The monoisotopic (exact) mass is 192 g/mol. The third kappa shape index (κ3) is 1.49. The molecule has 1 aromatic carbocycles. The molecule has 2 rings (SSSR count). The van der Waals surface area contributed by atoms with Crippen molar-refractivity contribution >= 4 is 0 Å². The number of ether oxygens (including phenoxy) is 1. The molecule has 1 aliphatic rings. The van der Waals surface area contributed by atoms with Gasteiger partial charge in [0.2, 0.25) is 0 Å². The van der Waals surface area contributed by atoms with Gasteiger partial charge in [-0.05, 0) is 36.5 Å². The number of nitrogens with one attached hydrogen (secondary N) is 1. The summed E-state index contributed by atoms with van der Waals surface area (Å²) in [5.41, 5.74) is 5.46. The van der Waals surface area contributed by atoms with E-state index in [1.54, 1.807) is 7.11 Å². The maximum Gasteiger partial charge on any atom is 0.122 e. The molecule has 14 heavy (non-hydrogen) atoms. The highest BCUT2D eigenvalue weighted by Gasteiger charge is 2.21. The molecule has 3 nitrogen and oxygen atoms in total. The number of benzene rings is 1. The Morgan fingerprint density at radius 1 is 1.50 bits per heavy atom. The molecule has 1 aromatic rings. The Hall–Kier alpha value is -1.06. The summed E-state index contributed by atoms with van der Waals surface area (Å²) < 4.78 is 5.34. The summed E-state index contributed by atoms with van der Waals surface area (Å²) in [6.07, 6.45) is 3.37. The molecule has 0 fully saturated rings. The largest absolute Gasteiger partial charge is 0.496 e. The summed E-state index contributed by atoms with van der Waals surface area (Å²) in [6.45, 7) is 0. The summed E-state index contributed by atoms with van der Waals surface area (Å²) >= 11 is 0. The van der Waals surface area contributed by atoms with Crippen molar-refractivity contribution < 1.29 is 4.74 Å². The number of nitrogens with two attached hydrogens (primary N) is 1. The zero-order valence-electron chi connectivity index (χ0n) is 8.42. The Kier molecular flexibility index (Phi) is 2.70. The van der Waals surface area contributed by atoms with Crippen LogP contribution in [0.25, 0.3) is 0 Å². The molecule has 1 atom stereocenters. The predicted molar refractivity (Wildman–Crippen MR) is 56.0 cm³/mol. The summed E-state index contributed by atoms with van der Waals surface area (Å²) in [5.74, 6) is 6.51. The van der Waals surface area contributed by atoms with Crippen LogP contribution < -0.4 is 16.0 Å². The quantitative estimate of drug-likeness (QED) is 0.552. The van der Waals surface area contributed by atoms with Gasteiger partial charge in [-0.25, -0.2) is 0 Å². The van der Waals surface area contributed by atoms with Crippen LogP contribution in [0.4, 0.5) is 0 Å². The topological polar surface area (TPSA) is 47.3 Å². The predicted octanol–water partition coefficient (Wildman–Crippen LogP) is 1.54. The van der Waals surface area contributed by atoms with Crippen LogP contribution >= 0.6 is 0 Å². The van der Waals surface area contributed by atoms with E-state index in [2.05, 4.69) is 11.5 Å². The second-order valence-corrected chi connectivity index (χ2v) is 3.64. The van der Waals surface area contributed by atoms with Crippen LogP contribution in [0.5, 0.6) is 5.75 Å². The van der Waals surface area contributed by atoms with Gasteiger partial charge in [-0.15, -0.1) is 0 Å². The van der Waals surface area contributed by atoms with E-state index in [0.29, 0.717) is 0 Å². The van der Waals surface area contributed by atoms with Gasteiger partial charge in [0, 0.05) is 6.04 Å². The van der Waals surface area contributed by atoms with Crippen molar-refractivity contribution in [3.05, 3.63) is 29.3 Å². The van der Waals surface area contributed by atoms with Crippen LogP contribution in [0, 0.1) is 0 Å². The molecule has 0 unspecified atom stereocenters. The number of rotatable bonds is 2. The van der Waals surface area contributed by atoms with E-state index in [9.17, 15) is 0 Å². The fraction of sp³-hybridized carbons (Fsp3) is 0.455. The van der Waals surface area contributed by atoms with Crippen molar-refractivity contribution in [1.29, 1.82) is 0 Å². The van der Waals surface area contributed by atoms with Crippen LogP contribution in [0.15, 0.2) is 18.2 Å². The average Bonchev–Trinajstić information content (AvgIpc) is 2.27. The van der Waals surface area contributed by atoms with Crippen molar-refractivity contribution in [3.63, 3.8) is 0 Å². The number of hydrazine groups is 1. The molecule has 0 saturated carbocycles. The molecule has 76 valence electrons. The minimum atomic E-state index is 0.286. The van der Waals surface area contributed by atoms with E-state index in [1.807, 2.05) is 12.1 Å². The number of hydrogen-bond acceptors (Lipinski definition) is 3. The molecule has 0 radical (unpaired) electrons. The highest BCUT2D eigenvalue weighted by atomic mass is 16.5. The van der Waals surface area contributed by atoms with Gasteiger partial charge in [0.05, 0.1) is 7.11 Å². The van der Waals surface area contributed by atoms with E-state index in [1.165, 1.54) is 17.5 Å². The molecule has 1 aliphatic carbocycles. The summed E-state index contributed by atoms with van der Waals surface area (Å²) in [7, 11) is 1.72. The first-order chi connectivity index (χ1) is 6.86. The molecular formula is C11H16N2O. The third-order valence-electron chi connectivity index (χ3n) is 2.89. The van der Waals surface area contributed by atoms with Crippen molar-refractivity contribution in [2.24, 2.45) is 5.84 Å². The second kappa shape index (κ2) is 3.98. The molecule has 0 amide bonds. The molecule has 0 bridgehead atoms. The number of hydrogen-bond donors (Lipinski definition) is 2. The van der Waals surface area contributed by atoms with Crippen LogP contribution in [-0.4, -0.2) is 7.11 Å². The first-order valence-electron chi connectivity index (χ1n) is 4.98. The third-order valence-corrected chi connectivity index (χ3v) is 2.89. The van der Waals surface area contributed by atoms with Gasteiger partial charge in [-0.1, -0.05) is 12.1 Å². The van der Waals surface area contributed by atoms with E-state index >= 15 is 0 Å². The summed E-state index contributed by atoms with van der Waals surface area (Å²) in [5, 5.41) is 0. The van der Waals surface area contributed by atoms with Gasteiger partial charge in [-0.3, -0.25) is 11.3 Å². The second-order valence-electron chi connectivity index (χ2n) is 3.64. The normalized spacial score (nSPS) is 20.3. The number of fused-ring (bicyclic) bond motifs is 1. The lowest BCUT2D eigenvalue weighted by Crippen LogP contribution is -2.30. The van der Waals surface area contributed by atoms with Gasteiger partial charge < -0.3 is 4.74 Å². The first kappa shape index (κ1) is 9.49. The maximum atomic E-state index is 5.52.